The van der Waals surface area contributed by atoms with E-state index in [0.29, 0.717) is 26.2 Å². The fraction of sp³-hybridized carbons (Fsp3) is 0.818. The SMILES string of the molecule is CC(C)OC(=O)NS(=O)(=O)N(C)CC(=O)N1CCNCC1. The Bertz CT molecular complexity index is 473. The lowest BCUT2D eigenvalue weighted by atomic mass is 10.3. The van der Waals surface area contributed by atoms with E-state index < -0.39 is 22.4 Å². The van der Waals surface area contributed by atoms with Gasteiger partial charge in [0.05, 0.1) is 12.6 Å². The van der Waals surface area contributed by atoms with Crippen molar-refractivity contribution < 1.29 is 22.7 Å². The van der Waals surface area contributed by atoms with Crippen molar-refractivity contribution >= 4 is 22.2 Å². The van der Waals surface area contributed by atoms with Crippen molar-refractivity contribution in [3.05, 3.63) is 0 Å². The number of nitrogens with one attached hydrogen (secondary N) is 2. The summed E-state index contributed by atoms with van der Waals surface area (Å²) in [7, 11) is -2.87. The highest BCUT2D eigenvalue weighted by molar-refractivity contribution is 7.87. The molecular formula is C11H22N4O5S. The molecule has 2 amide bonds. The second-order valence-electron chi connectivity index (χ2n) is 4.95. The highest BCUT2D eigenvalue weighted by Crippen LogP contribution is 2.00. The Morgan fingerprint density at radius 3 is 2.43 bits per heavy atom. The van der Waals surface area contributed by atoms with Crippen LogP contribution in [0.4, 0.5) is 4.79 Å². The first-order valence-corrected chi connectivity index (χ1v) is 8.09. The van der Waals surface area contributed by atoms with Crippen LogP contribution in [0.25, 0.3) is 0 Å². The van der Waals surface area contributed by atoms with E-state index in [-0.39, 0.29) is 12.5 Å². The molecule has 0 unspecified atom stereocenters. The molecule has 0 atom stereocenters. The summed E-state index contributed by atoms with van der Waals surface area (Å²) in [6, 6.07) is 0. The molecule has 9 nitrogen and oxygen atoms in total. The summed E-state index contributed by atoms with van der Waals surface area (Å²) in [5, 5.41) is 3.10. The standard InChI is InChI=1S/C11H22N4O5S/c1-9(2)20-11(17)13-21(18,19)14(3)8-10(16)15-6-4-12-5-7-15/h9,12H,4-8H2,1-3H3,(H,13,17). The van der Waals surface area contributed by atoms with Crippen molar-refractivity contribution in [1.82, 2.24) is 19.2 Å². The largest absolute Gasteiger partial charge is 0.446 e. The van der Waals surface area contributed by atoms with Crippen molar-refractivity contribution in [2.75, 3.05) is 39.8 Å². The smallest absolute Gasteiger partial charge is 0.422 e. The van der Waals surface area contributed by atoms with Crippen LogP contribution in [0.2, 0.25) is 0 Å². The highest BCUT2D eigenvalue weighted by Gasteiger charge is 2.26. The fourth-order valence-corrected chi connectivity index (χ4v) is 2.41. The quantitative estimate of drug-likeness (QED) is 0.653. The average Bonchev–Trinajstić information content (AvgIpc) is 2.37. The number of carbonyl (C=O) groups is 2. The van der Waals surface area contributed by atoms with Crippen LogP contribution in [0.5, 0.6) is 0 Å². The minimum atomic E-state index is -4.09. The van der Waals surface area contributed by atoms with Gasteiger partial charge >= 0.3 is 16.3 Å². The molecule has 0 saturated carbocycles. The lowest BCUT2D eigenvalue weighted by Crippen LogP contribution is -2.51. The molecule has 0 aromatic rings. The maximum atomic E-state index is 12.0. The summed E-state index contributed by atoms with van der Waals surface area (Å²) in [5.41, 5.74) is 0. The molecule has 0 radical (unpaired) electrons. The lowest BCUT2D eigenvalue weighted by molar-refractivity contribution is -0.131. The molecule has 122 valence electrons. The maximum absolute atomic E-state index is 12.0. The molecule has 1 rings (SSSR count). The minimum absolute atomic E-state index is 0.304. The summed E-state index contributed by atoms with van der Waals surface area (Å²) in [6.45, 7) is 5.31. The Hall–Kier alpha value is -1.39. The first-order valence-electron chi connectivity index (χ1n) is 6.65. The Labute approximate surface area is 124 Å². The molecular weight excluding hydrogens is 300 g/mol. The Balaban J connectivity index is 2.53. The third-order valence-electron chi connectivity index (χ3n) is 2.79. The van der Waals surface area contributed by atoms with E-state index in [1.165, 1.54) is 7.05 Å². The van der Waals surface area contributed by atoms with Gasteiger partial charge in [-0.05, 0) is 13.8 Å². The van der Waals surface area contributed by atoms with E-state index >= 15 is 0 Å². The van der Waals surface area contributed by atoms with Crippen LogP contribution < -0.4 is 10.0 Å². The Morgan fingerprint density at radius 2 is 1.90 bits per heavy atom. The Morgan fingerprint density at radius 1 is 1.33 bits per heavy atom. The number of piperazine rings is 1. The van der Waals surface area contributed by atoms with Crippen molar-refractivity contribution in [2.24, 2.45) is 0 Å². The van der Waals surface area contributed by atoms with Gasteiger partial charge in [0.2, 0.25) is 5.91 Å². The number of nitrogens with zero attached hydrogens (tertiary/aromatic N) is 2. The number of carbonyl (C=O) groups excluding carboxylic acids is 2. The number of hydrogen-bond donors (Lipinski definition) is 2. The second kappa shape index (κ2) is 7.57. The van der Waals surface area contributed by atoms with Crippen LogP contribution in [0.3, 0.4) is 0 Å². The van der Waals surface area contributed by atoms with Crippen LogP contribution in [0.15, 0.2) is 0 Å². The first-order chi connectivity index (χ1) is 9.72. The van der Waals surface area contributed by atoms with Crippen molar-refractivity contribution in [3.8, 4) is 0 Å². The van der Waals surface area contributed by atoms with Crippen LogP contribution in [-0.2, 0) is 19.7 Å². The molecule has 0 aromatic heterocycles. The van der Waals surface area contributed by atoms with Gasteiger partial charge in [-0.15, -0.1) is 0 Å². The molecule has 2 N–H and O–H groups in total. The highest BCUT2D eigenvalue weighted by atomic mass is 32.2. The third kappa shape index (κ3) is 5.86. The number of ether oxygens (including phenoxy) is 1. The third-order valence-corrected chi connectivity index (χ3v) is 4.17. The van der Waals surface area contributed by atoms with E-state index in [0.717, 1.165) is 4.31 Å². The van der Waals surface area contributed by atoms with E-state index in [2.05, 4.69) is 5.32 Å². The summed E-state index contributed by atoms with van der Waals surface area (Å²) in [5.74, 6) is -0.304. The second-order valence-corrected chi connectivity index (χ2v) is 6.73. The summed E-state index contributed by atoms with van der Waals surface area (Å²) in [6.07, 6.45) is -1.50. The van der Waals surface area contributed by atoms with Gasteiger partial charge in [-0.1, -0.05) is 0 Å². The van der Waals surface area contributed by atoms with Crippen LogP contribution in [0.1, 0.15) is 13.8 Å². The van der Waals surface area contributed by atoms with Crippen molar-refractivity contribution in [3.63, 3.8) is 0 Å². The van der Waals surface area contributed by atoms with Gasteiger partial charge in [0, 0.05) is 33.2 Å². The normalized spacial score (nSPS) is 16.1. The zero-order chi connectivity index (χ0) is 16.0. The number of rotatable bonds is 5. The molecule has 21 heavy (non-hydrogen) atoms. The first kappa shape index (κ1) is 17.7. The molecule has 1 fully saturated rings. The molecule has 0 aromatic carbocycles. The summed E-state index contributed by atoms with van der Waals surface area (Å²) >= 11 is 0. The maximum Gasteiger partial charge on any atom is 0.422 e. The molecule has 1 heterocycles. The van der Waals surface area contributed by atoms with E-state index in [1.807, 2.05) is 0 Å². The monoisotopic (exact) mass is 322 g/mol. The van der Waals surface area contributed by atoms with E-state index in [9.17, 15) is 18.0 Å². The van der Waals surface area contributed by atoms with Crippen LogP contribution in [0, 0.1) is 0 Å². The topological polar surface area (TPSA) is 108 Å². The van der Waals surface area contributed by atoms with E-state index in [4.69, 9.17) is 4.74 Å². The average molecular weight is 322 g/mol. The molecule has 0 aliphatic carbocycles. The number of amides is 2. The lowest BCUT2D eigenvalue weighted by Gasteiger charge is -2.29. The van der Waals surface area contributed by atoms with E-state index in [1.54, 1.807) is 23.5 Å². The zero-order valence-corrected chi connectivity index (χ0v) is 13.3. The van der Waals surface area contributed by atoms with Gasteiger partial charge in [0.1, 0.15) is 0 Å². The van der Waals surface area contributed by atoms with Crippen molar-refractivity contribution in [2.45, 2.75) is 20.0 Å². The Kier molecular flexibility index (Phi) is 6.37. The molecule has 0 bridgehead atoms. The van der Waals surface area contributed by atoms with Gasteiger partial charge in [-0.2, -0.15) is 12.7 Å². The number of likely N-dealkylation sites (N-methyl/N-ethyl adjacent to an activating group) is 1. The van der Waals surface area contributed by atoms with Gasteiger partial charge in [0.15, 0.2) is 0 Å². The summed E-state index contributed by atoms with van der Waals surface area (Å²) < 4.78 is 31.0. The van der Waals surface area contributed by atoms with Gasteiger partial charge in [0.25, 0.3) is 0 Å². The van der Waals surface area contributed by atoms with Gasteiger partial charge in [-0.3, -0.25) is 4.79 Å². The minimum Gasteiger partial charge on any atom is -0.446 e. The molecule has 0 spiro atoms. The van der Waals surface area contributed by atoms with Gasteiger partial charge in [-0.25, -0.2) is 9.52 Å². The van der Waals surface area contributed by atoms with Crippen LogP contribution >= 0.6 is 0 Å². The predicted molar refractivity (Wildman–Crippen MR) is 75.8 cm³/mol. The molecule has 1 saturated heterocycles. The molecule has 1 aliphatic heterocycles. The van der Waals surface area contributed by atoms with Crippen molar-refractivity contribution in [1.29, 1.82) is 0 Å². The zero-order valence-electron chi connectivity index (χ0n) is 12.5. The fourth-order valence-electron chi connectivity index (χ4n) is 1.71. The van der Waals surface area contributed by atoms with Crippen LogP contribution in [-0.4, -0.2) is 75.5 Å². The molecule has 1 aliphatic rings. The molecule has 10 heteroatoms. The van der Waals surface area contributed by atoms with Gasteiger partial charge < -0.3 is 15.0 Å². The predicted octanol–water partition coefficient (Wildman–Crippen LogP) is -1.27. The summed E-state index contributed by atoms with van der Waals surface area (Å²) in [4.78, 5) is 24.9. The number of hydrogen-bond acceptors (Lipinski definition) is 6.